The van der Waals surface area contributed by atoms with E-state index in [1.54, 1.807) is 0 Å². The average Bonchev–Trinajstić information content (AvgIpc) is 3.05. The maximum atomic E-state index is 13.3. The van der Waals surface area contributed by atoms with Crippen molar-refractivity contribution in [2.45, 2.75) is 57.0 Å². The lowest BCUT2D eigenvalue weighted by Crippen LogP contribution is -2.45. The fraction of sp³-hybridized carbons (Fsp3) is 0.480. The predicted molar refractivity (Wildman–Crippen MR) is 108 cm³/mol. The molecule has 2 saturated carbocycles. The summed E-state index contributed by atoms with van der Waals surface area (Å²) in [7, 11) is 0. The lowest BCUT2D eigenvalue weighted by Gasteiger charge is -2.47. The Bertz CT molecular complexity index is 825. The predicted octanol–water partition coefficient (Wildman–Crippen LogP) is 5.74. The van der Waals surface area contributed by atoms with Crippen molar-refractivity contribution in [3.8, 4) is 11.1 Å². The van der Waals surface area contributed by atoms with E-state index in [9.17, 15) is 4.79 Å². The van der Waals surface area contributed by atoms with E-state index in [-0.39, 0.29) is 23.9 Å². The molecule has 0 saturated heterocycles. The summed E-state index contributed by atoms with van der Waals surface area (Å²) < 4.78 is 6.41. The van der Waals surface area contributed by atoms with Gasteiger partial charge in [-0.1, -0.05) is 61.4 Å². The minimum Gasteiger partial charge on any atom is -0.367 e. The first-order chi connectivity index (χ1) is 13.2. The summed E-state index contributed by atoms with van der Waals surface area (Å²) >= 11 is 0. The van der Waals surface area contributed by atoms with Gasteiger partial charge in [-0.25, -0.2) is 0 Å². The Morgan fingerprint density at radius 2 is 1.67 bits per heavy atom. The molecule has 27 heavy (non-hydrogen) atoms. The van der Waals surface area contributed by atoms with E-state index >= 15 is 0 Å². The Hall–Kier alpha value is -1.93. The molecular formula is C25H28O2. The molecule has 0 amide bonds. The van der Waals surface area contributed by atoms with E-state index < -0.39 is 0 Å². The molecule has 2 aromatic carbocycles. The Morgan fingerprint density at radius 3 is 2.37 bits per heavy atom. The highest BCUT2D eigenvalue weighted by atomic mass is 16.5. The lowest BCUT2D eigenvalue weighted by molar-refractivity contribution is -0.144. The number of fused-ring (bicyclic) bond motifs is 5. The van der Waals surface area contributed by atoms with Crippen molar-refractivity contribution in [2.24, 2.45) is 11.8 Å². The normalized spacial score (nSPS) is 29.2. The van der Waals surface area contributed by atoms with Crippen LogP contribution in [-0.2, 0) is 9.53 Å². The van der Waals surface area contributed by atoms with Gasteiger partial charge in [-0.15, -0.1) is 0 Å². The second-order valence-corrected chi connectivity index (χ2v) is 8.94. The molecule has 0 aliphatic heterocycles. The second kappa shape index (κ2) is 6.60. The van der Waals surface area contributed by atoms with Gasteiger partial charge in [0.2, 0.25) is 0 Å². The average molecular weight is 360 g/mol. The molecule has 2 aromatic rings. The van der Waals surface area contributed by atoms with Crippen molar-refractivity contribution in [2.75, 3.05) is 6.61 Å². The van der Waals surface area contributed by atoms with E-state index in [4.69, 9.17) is 4.74 Å². The van der Waals surface area contributed by atoms with Gasteiger partial charge in [-0.2, -0.15) is 0 Å². The molecule has 0 radical (unpaired) electrons. The van der Waals surface area contributed by atoms with Crippen LogP contribution in [0.25, 0.3) is 11.1 Å². The fourth-order valence-electron chi connectivity index (χ4n) is 5.81. The molecular weight excluding hydrogens is 332 g/mol. The van der Waals surface area contributed by atoms with E-state index in [1.807, 2.05) is 12.1 Å². The molecule has 0 heterocycles. The van der Waals surface area contributed by atoms with Crippen molar-refractivity contribution >= 4 is 5.78 Å². The van der Waals surface area contributed by atoms with E-state index in [2.05, 4.69) is 43.3 Å². The summed E-state index contributed by atoms with van der Waals surface area (Å²) in [6.07, 6.45) is 7.63. The Labute approximate surface area is 161 Å². The zero-order chi connectivity index (χ0) is 18.4. The second-order valence-electron chi connectivity index (χ2n) is 8.94. The third-order valence-electron chi connectivity index (χ3n) is 7.40. The van der Waals surface area contributed by atoms with Crippen molar-refractivity contribution in [3.63, 3.8) is 0 Å². The molecule has 5 rings (SSSR count). The maximum absolute atomic E-state index is 13.3. The van der Waals surface area contributed by atoms with Crippen LogP contribution in [0.1, 0.15) is 62.5 Å². The highest BCUT2D eigenvalue weighted by Crippen LogP contribution is 2.48. The molecule has 2 heteroatoms. The summed E-state index contributed by atoms with van der Waals surface area (Å²) in [5, 5.41) is 0. The Kier molecular flexibility index (Phi) is 4.20. The van der Waals surface area contributed by atoms with E-state index in [0.29, 0.717) is 5.92 Å². The van der Waals surface area contributed by atoms with Gasteiger partial charge in [0.1, 0.15) is 6.61 Å². The van der Waals surface area contributed by atoms with Crippen LogP contribution in [0, 0.1) is 11.8 Å². The highest BCUT2D eigenvalue weighted by Gasteiger charge is 2.43. The summed E-state index contributed by atoms with van der Waals surface area (Å²) in [6.45, 7) is 2.48. The van der Waals surface area contributed by atoms with Crippen molar-refractivity contribution in [3.05, 3.63) is 59.7 Å². The summed E-state index contributed by atoms with van der Waals surface area (Å²) in [4.78, 5) is 13.3. The quantitative estimate of drug-likeness (QED) is 0.694. The maximum Gasteiger partial charge on any atom is 0.170 e. The molecule has 2 nitrogen and oxygen atoms in total. The molecule has 3 atom stereocenters. The monoisotopic (exact) mass is 360 g/mol. The number of hydrogen-bond donors (Lipinski definition) is 0. The van der Waals surface area contributed by atoms with Crippen LogP contribution in [0.15, 0.2) is 48.5 Å². The zero-order valence-corrected chi connectivity index (χ0v) is 16.1. The number of carbonyl (C=O) groups is 1. The first-order valence-electron chi connectivity index (χ1n) is 10.5. The number of ether oxygens (including phenoxy) is 1. The molecule has 0 N–H and O–H groups in total. The number of hydrogen-bond acceptors (Lipinski definition) is 2. The number of ketones is 1. The van der Waals surface area contributed by atoms with Crippen LogP contribution in [0.2, 0.25) is 0 Å². The van der Waals surface area contributed by atoms with Crippen molar-refractivity contribution in [1.82, 2.24) is 0 Å². The number of benzene rings is 2. The van der Waals surface area contributed by atoms with Gasteiger partial charge in [-0.3, -0.25) is 4.79 Å². The van der Waals surface area contributed by atoms with Gasteiger partial charge in [0.25, 0.3) is 0 Å². The third kappa shape index (κ3) is 2.86. The Morgan fingerprint density at radius 1 is 1.00 bits per heavy atom. The molecule has 140 valence electrons. The van der Waals surface area contributed by atoms with Crippen LogP contribution >= 0.6 is 0 Å². The fourth-order valence-corrected chi connectivity index (χ4v) is 5.81. The largest absolute Gasteiger partial charge is 0.367 e. The lowest BCUT2D eigenvalue weighted by atomic mass is 9.65. The summed E-state index contributed by atoms with van der Waals surface area (Å²) in [5.41, 5.74) is 4.55. The molecule has 0 spiro atoms. The molecule has 0 unspecified atom stereocenters. The number of carbonyl (C=O) groups excluding carboxylic acids is 1. The molecule has 2 bridgehead atoms. The van der Waals surface area contributed by atoms with Crippen molar-refractivity contribution in [1.29, 1.82) is 0 Å². The standard InChI is InChI=1S/C25H28O2/c1-25(14-13-17-7-6-8-18(25)15-17)27-16-23(26)24-21-11-4-2-9-19(21)20-10-3-5-12-22(20)24/h2-5,9-12,17-18,24H,6-8,13-16H2,1H3/t17-,18-,25-/m0/s1. The summed E-state index contributed by atoms with van der Waals surface area (Å²) in [6, 6.07) is 16.7. The SMILES string of the molecule is C[C@]1(OCC(=O)C2c3ccccc3-c3ccccc32)CC[C@@H]2CCC[C@H]1C2. The molecule has 2 fully saturated rings. The summed E-state index contributed by atoms with van der Waals surface area (Å²) in [5.74, 6) is 1.54. The highest BCUT2D eigenvalue weighted by molar-refractivity contribution is 5.98. The topological polar surface area (TPSA) is 26.3 Å². The van der Waals surface area contributed by atoms with E-state index in [1.165, 1.54) is 43.2 Å². The number of Topliss-reactive ketones (excluding diaryl/α,β-unsaturated/α-hetero) is 1. The Balaban J connectivity index is 1.37. The molecule has 3 aliphatic rings. The first kappa shape index (κ1) is 17.2. The van der Waals surface area contributed by atoms with Crippen LogP contribution in [0.3, 0.4) is 0 Å². The smallest absolute Gasteiger partial charge is 0.170 e. The van der Waals surface area contributed by atoms with Crippen molar-refractivity contribution < 1.29 is 9.53 Å². The first-order valence-corrected chi connectivity index (χ1v) is 10.5. The van der Waals surface area contributed by atoms with Gasteiger partial charge >= 0.3 is 0 Å². The van der Waals surface area contributed by atoms with Gasteiger partial charge in [-0.05, 0) is 66.7 Å². The van der Waals surface area contributed by atoms with Crippen LogP contribution < -0.4 is 0 Å². The van der Waals surface area contributed by atoms with Gasteiger partial charge < -0.3 is 4.74 Å². The van der Waals surface area contributed by atoms with Crippen LogP contribution in [-0.4, -0.2) is 18.0 Å². The van der Waals surface area contributed by atoms with Gasteiger partial charge in [0, 0.05) is 0 Å². The minimum absolute atomic E-state index is 0.121. The molecule has 3 aliphatic carbocycles. The molecule has 0 aromatic heterocycles. The third-order valence-corrected chi connectivity index (χ3v) is 7.40. The zero-order valence-electron chi connectivity index (χ0n) is 16.1. The minimum atomic E-state index is -0.177. The van der Waals surface area contributed by atoms with Crippen LogP contribution in [0.5, 0.6) is 0 Å². The van der Waals surface area contributed by atoms with Gasteiger partial charge in [0.15, 0.2) is 5.78 Å². The van der Waals surface area contributed by atoms with Gasteiger partial charge in [0.05, 0.1) is 11.5 Å². The van der Waals surface area contributed by atoms with E-state index in [0.717, 1.165) is 23.5 Å². The van der Waals surface area contributed by atoms with Crippen LogP contribution in [0.4, 0.5) is 0 Å². The number of rotatable bonds is 4.